The smallest absolute Gasteiger partial charge is 0.151 e. The van der Waals surface area contributed by atoms with Gasteiger partial charge in [-0.2, -0.15) is 5.26 Å². The normalized spacial score (nSPS) is 15.7. The number of hydrogen-bond donors (Lipinski definition) is 0. The van der Waals surface area contributed by atoms with E-state index in [1.54, 1.807) is 4.57 Å². The van der Waals surface area contributed by atoms with E-state index in [-0.39, 0.29) is 0 Å². The zero-order valence-electron chi connectivity index (χ0n) is 9.93. The number of rotatable bonds is 1. The van der Waals surface area contributed by atoms with Crippen molar-refractivity contribution < 1.29 is 4.74 Å². The third kappa shape index (κ3) is 2.16. The average molecular weight is 250 g/mol. The number of ether oxygens (including phenoxy) is 1. The Morgan fingerprint density at radius 2 is 2.06 bits per heavy atom. The third-order valence-electron chi connectivity index (χ3n) is 2.92. The van der Waals surface area contributed by atoms with Gasteiger partial charge in [-0.05, 0) is 6.92 Å². The highest BCUT2D eigenvalue weighted by Gasteiger charge is 2.18. The molecule has 1 aliphatic heterocycles. The van der Waals surface area contributed by atoms with Crippen LogP contribution in [0.3, 0.4) is 0 Å². The lowest BCUT2D eigenvalue weighted by atomic mass is 10.3. The second-order valence-electron chi connectivity index (χ2n) is 3.93. The number of nitriles is 1. The lowest BCUT2D eigenvalue weighted by Crippen LogP contribution is -2.37. The van der Waals surface area contributed by atoms with Crippen molar-refractivity contribution in [3.8, 4) is 6.07 Å². The molecule has 17 heavy (non-hydrogen) atoms. The Labute approximate surface area is 105 Å². The monoisotopic (exact) mass is 250 g/mol. The number of hydrogen-bond acceptors (Lipinski definition) is 5. The van der Waals surface area contributed by atoms with E-state index < -0.39 is 0 Å². The molecule has 1 aliphatic rings. The van der Waals surface area contributed by atoms with Crippen molar-refractivity contribution in [2.75, 3.05) is 31.2 Å². The minimum atomic E-state index is 0.481. The van der Waals surface area contributed by atoms with Crippen molar-refractivity contribution in [1.29, 1.82) is 5.26 Å². The fourth-order valence-corrected chi connectivity index (χ4v) is 2.07. The van der Waals surface area contributed by atoms with Crippen LogP contribution < -0.4 is 4.90 Å². The van der Waals surface area contributed by atoms with Crippen molar-refractivity contribution in [2.45, 2.75) is 6.92 Å². The van der Waals surface area contributed by atoms with Crippen LogP contribution in [0.2, 0.25) is 0 Å². The summed E-state index contributed by atoms with van der Waals surface area (Å²) in [5.41, 5.74) is 0.481. The molecule has 1 fully saturated rings. The number of anilines is 1. The molecule has 5 nitrogen and oxygen atoms in total. The largest absolute Gasteiger partial charge is 0.378 e. The zero-order chi connectivity index (χ0) is 12.4. The molecule has 0 atom stereocenters. The first kappa shape index (κ1) is 12.0. The van der Waals surface area contributed by atoms with Gasteiger partial charge in [0.15, 0.2) is 5.82 Å². The SMILES string of the molecule is Cc1nc(N2CCOCC2)c(C#N)c(=S)n1C. The second-order valence-corrected chi connectivity index (χ2v) is 4.32. The van der Waals surface area contributed by atoms with Crippen LogP contribution in [0.25, 0.3) is 0 Å². The number of aryl methyl sites for hydroxylation is 1. The van der Waals surface area contributed by atoms with Gasteiger partial charge in [-0.1, -0.05) is 12.2 Å². The van der Waals surface area contributed by atoms with Crippen LogP contribution in [-0.2, 0) is 11.8 Å². The predicted molar refractivity (Wildman–Crippen MR) is 66.5 cm³/mol. The quantitative estimate of drug-likeness (QED) is 0.700. The Morgan fingerprint density at radius 3 is 2.65 bits per heavy atom. The maximum atomic E-state index is 9.22. The molecule has 0 saturated carbocycles. The molecule has 0 N–H and O–H groups in total. The van der Waals surface area contributed by atoms with E-state index in [9.17, 15) is 5.26 Å². The van der Waals surface area contributed by atoms with Crippen LogP contribution in [0.15, 0.2) is 0 Å². The highest BCUT2D eigenvalue weighted by Crippen LogP contribution is 2.20. The molecular formula is C11H14N4OS. The molecule has 0 unspecified atom stereocenters. The van der Waals surface area contributed by atoms with Gasteiger partial charge in [0, 0.05) is 20.1 Å². The summed E-state index contributed by atoms with van der Waals surface area (Å²) >= 11 is 5.28. The number of morpholine rings is 1. The lowest BCUT2D eigenvalue weighted by molar-refractivity contribution is 0.122. The fourth-order valence-electron chi connectivity index (χ4n) is 1.80. The van der Waals surface area contributed by atoms with E-state index in [0.717, 1.165) is 18.9 Å². The summed E-state index contributed by atoms with van der Waals surface area (Å²) < 4.78 is 7.60. The van der Waals surface area contributed by atoms with E-state index in [0.29, 0.717) is 29.2 Å². The molecule has 1 aromatic rings. The summed E-state index contributed by atoms with van der Waals surface area (Å²) in [5.74, 6) is 1.51. The lowest BCUT2D eigenvalue weighted by Gasteiger charge is -2.29. The summed E-state index contributed by atoms with van der Waals surface area (Å²) in [6.07, 6.45) is 0. The van der Waals surface area contributed by atoms with E-state index >= 15 is 0 Å². The van der Waals surface area contributed by atoms with Crippen molar-refractivity contribution in [2.24, 2.45) is 7.05 Å². The Hall–Kier alpha value is -1.45. The highest BCUT2D eigenvalue weighted by atomic mass is 32.1. The molecule has 0 spiro atoms. The van der Waals surface area contributed by atoms with Crippen molar-refractivity contribution in [1.82, 2.24) is 9.55 Å². The van der Waals surface area contributed by atoms with Gasteiger partial charge in [0.1, 0.15) is 22.1 Å². The first-order valence-corrected chi connectivity index (χ1v) is 5.86. The highest BCUT2D eigenvalue weighted by molar-refractivity contribution is 7.71. The Bertz CT molecular complexity index is 525. The summed E-state index contributed by atoms with van der Waals surface area (Å²) in [4.78, 5) is 6.53. The van der Waals surface area contributed by atoms with Crippen LogP contribution in [0.5, 0.6) is 0 Å². The first-order valence-electron chi connectivity index (χ1n) is 5.45. The van der Waals surface area contributed by atoms with Crippen LogP contribution in [-0.4, -0.2) is 35.9 Å². The maximum absolute atomic E-state index is 9.22. The van der Waals surface area contributed by atoms with Gasteiger partial charge in [0.05, 0.1) is 13.2 Å². The van der Waals surface area contributed by atoms with E-state index in [4.69, 9.17) is 17.0 Å². The van der Waals surface area contributed by atoms with Gasteiger partial charge in [-0.25, -0.2) is 4.98 Å². The predicted octanol–water partition coefficient (Wildman–Crippen LogP) is 1.17. The molecule has 6 heteroatoms. The van der Waals surface area contributed by atoms with Gasteiger partial charge < -0.3 is 14.2 Å². The standard InChI is InChI=1S/C11H14N4OS/c1-8-13-10(15-3-5-16-6-4-15)9(7-12)11(17)14(8)2/h3-6H2,1-2H3. The summed E-state index contributed by atoms with van der Waals surface area (Å²) in [7, 11) is 1.83. The van der Waals surface area contributed by atoms with Crippen molar-refractivity contribution in [3.63, 3.8) is 0 Å². The molecule has 0 amide bonds. The molecule has 1 aromatic heterocycles. The minimum absolute atomic E-state index is 0.481. The molecular weight excluding hydrogens is 236 g/mol. The molecule has 0 bridgehead atoms. The third-order valence-corrected chi connectivity index (χ3v) is 3.40. The van der Waals surface area contributed by atoms with Gasteiger partial charge in [0.25, 0.3) is 0 Å². The summed E-state index contributed by atoms with van der Waals surface area (Å²) in [6.45, 7) is 4.73. The number of aromatic nitrogens is 2. The minimum Gasteiger partial charge on any atom is -0.378 e. The van der Waals surface area contributed by atoms with Gasteiger partial charge >= 0.3 is 0 Å². The van der Waals surface area contributed by atoms with Gasteiger partial charge in [0.2, 0.25) is 0 Å². The van der Waals surface area contributed by atoms with Crippen LogP contribution in [0, 0.1) is 22.9 Å². The molecule has 0 aromatic carbocycles. The molecule has 1 saturated heterocycles. The Balaban J connectivity index is 2.53. The summed E-state index contributed by atoms with van der Waals surface area (Å²) in [6, 6.07) is 2.16. The topological polar surface area (TPSA) is 54.1 Å². The molecule has 2 heterocycles. The number of nitrogens with zero attached hydrogens (tertiary/aromatic N) is 4. The van der Waals surface area contributed by atoms with Crippen LogP contribution in [0.4, 0.5) is 5.82 Å². The van der Waals surface area contributed by atoms with E-state index in [1.165, 1.54) is 0 Å². The Morgan fingerprint density at radius 1 is 1.41 bits per heavy atom. The molecule has 0 radical (unpaired) electrons. The molecule has 90 valence electrons. The van der Waals surface area contributed by atoms with Crippen LogP contribution in [0.1, 0.15) is 11.4 Å². The van der Waals surface area contributed by atoms with Crippen molar-refractivity contribution >= 4 is 18.0 Å². The zero-order valence-corrected chi connectivity index (χ0v) is 10.8. The second kappa shape index (κ2) is 4.82. The van der Waals surface area contributed by atoms with Gasteiger partial charge in [-0.15, -0.1) is 0 Å². The van der Waals surface area contributed by atoms with Crippen LogP contribution >= 0.6 is 12.2 Å². The van der Waals surface area contributed by atoms with Crippen molar-refractivity contribution in [3.05, 3.63) is 16.0 Å². The Kier molecular flexibility index (Phi) is 3.41. The molecule has 2 rings (SSSR count). The maximum Gasteiger partial charge on any atom is 0.151 e. The summed E-state index contributed by atoms with van der Waals surface area (Å²) in [5, 5.41) is 9.22. The van der Waals surface area contributed by atoms with Gasteiger partial charge in [-0.3, -0.25) is 0 Å². The first-order chi connectivity index (χ1) is 8.15. The van der Waals surface area contributed by atoms with E-state index in [2.05, 4.69) is 16.0 Å². The fraction of sp³-hybridized carbons (Fsp3) is 0.545. The average Bonchev–Trinajstić information content (AvgIpc) is 2.36. The van der Waals surface area contributed by atoms with E-state index in [1.807, 2.05) is 14.0 Å². The molecule has 0 aliphatic carbocycles.